The lowest BCUT2D eigenvalue weighted by atomic mass is 9.88. The molecular weight excluding hydrogens is 327 g/mol. The lowest BCUT2D eigenvalue weighted by Gasteiger charge is -2.16. The molecule has 0 aliphatic heterocycles. The Hall–Kier alpha value is -1.31. The zero-order valence-corrected chi connectivity index (χ0v) is 15.5. The largest absolute Gasteiger partial charge is 0.294 e. The lowest BCUT2D eigenvalue weighted by Crippen LogP contribution is -2.10. The summed E-state index contributed by atoms with van der Waals surface area (Å²) in [6, 6.07) is 11.4. The zero-order chi connectivity index (χ0) is 17.1. The smallest absolute Gasteiger partial charge is 0.167 e. The number of Topliss-reactive ketones (excluding diaryl/α,β-unsaturated/α-hetero) is 1. The van der Waals surface area contributed by atoms with E-state index in [2.05, 4.69) is 33.8 Å². The zero-order valence-electron chi connectivity index (χ0n) is 14.0. The van der Waals surface area contributed by atoms with E-state index in [9.17, 15) is 4.79 Å². The third kappa shape index (κ3) is 4.16. The van der Waals surface area contributed by atoms with Crippen molar-refractivity contribution in [2.24, 2.45) is 0 Å². The second-order valence-corrected chi connectivity index (χ2v) is 7.27. The lowest BCUT2D eigenvalue weighted by molar-refractivity contribution is 0.0991. The summed E-state index contributed by atoms with van der Waals surface area (Å²) in [5, 5.41) is 1.08. The van der Waals surface area contributed by atoms with Gasteiger partial charge in [-0.2, -0.15) is 0 Å². The van der Waals surface area contributed by atoms with E-state index in [0.29, 0.717) is 21.5 Å². The van der Waals surface area contributed by atoms with Crippen LogP contribution >= 0.6 is 23.2 Å². The quantitative estimate of drug-likeness (QED) is 0.551. The molecule has 0 N–H and O–H groups in total. The Morgan fingerprint density at radius 3 is 2.09 bits per heavy atom. The molecular formula is C20H22Cl2O. The standard InChI is InChI=1S/C20H22Cl2O/c1-12(2)14-8-9-15(16(10-14)13(3)4)20(23)11-17-18(21)6-5-7-19(17)22/h5-10,12-13H,11H2,1-4H3. The van der Waals surface area contributed by atoms with Crippen LogP contribution < -0.4 is 0 Å². The van der Waals surface area contributed by atoms with Crippen LogP contribution in [0.5, 0.6) is 0 Å². The molecule has 23 heavy (non-hydrogen) atoms. The monoisotopic (exact) mass is 348 g/mol. The molecule has 0 aliphatic carbocycles. The van der Waals surface area contributed by atoms with Crippen LogP contribution in [-0.4, -0.2) is 5.78 Å². The summed E-state index contributed by atoms with van der Waals surface area (Å²) in [5.41, 5.74) is 3.80. The Labute approximate surface area is 148 Å². The first-order valence-corrected chi connectivity index (χ1v) is 8.66. The maximum Gasteiger partial charge on any atom is 0.167 e. The number of rotatable bonds is 5. The number of ketones is 1. The predicted molar refractivity (Wildman–Crippen MR) is 99.1 cm³/mol. The van der Waals surface area contributed by atoms with Gasteiger partial charge in [0.15, 0.2) is 5.78 Å². The summed E-state index contributed by atoms with van der Waals surface area (Å²) in [6.45, 7) is 8.53. The van der Waals surface area contributed by atoms with Crippen LogP contribution in [0.3, 0.4) is 0 Å². The van der Waals surface area contributed by atoms with Crippen molar-refractivity contribution in [2.75, 3.05) is 0 Å². The summed E-state index contributed by atoms with van der Waals surface area (Å²) < 4.78 is 0. The highest BCUT2D eigenvalue weighted by Crippen LogP contribution is 2.29. The fourth-order valence-electron chi connectivity index (χ4n) is 2.63. The van der Waals surface area contributed by atoms with Crippen LogP contribution in [0.25, 0.3) is 0 Å². The van der Waals surface area contributed by atoms with Crippen molar-refractivity contribution in [2.45, 2.75) is 46.0 Å². The van der Waals surface area contributed by atoms with E-state index in [1.54, 1.807) is 18.2 Å². The van der Waals surface area contributed by atoms with Gasteiger partial charge in [-0.3, -0.25) is 4.79 Å². The molecule has 0 amide bonds. The first-order valence-electron chi connectivity index (χ1n) is 7.91. The van der Waals surface area contributed by atoms with Crippen molar-refractivity contribution in [3.63, 3.8) is 0 Å². The number of hydrogen-bond donors (Lipinski definition) is 0. The van der Waals surface area contributed by atoms with Crippen molar-refractivity contribution in [1.29, 1.82) is 0 Å². The summed E-state index contributed by atoms with van der Waals surface area (Å²) >= 11 is 12.4. The number of benzene rings is 2. The van der Waals surface area contributed by atoms with Crippen molar-refractivity contribution >= 4 is 29.0 Å². The van der Waals surface area contributed by atoms with Gasteiger partial charge in [-0.05, 0) is 40.7 Å². The van der Waals surface area contributed by atoms with Crippen LogP contribution in [0.2, 0.25) is 10.0 Å². The average molecular weight is 349 g/mol. The van der Waals surface area contributed by atoms with Crippen molar-refractivity contribution in [3.05, 3.63) is 68.7 Å². The minimum Gasteiger partial charge on any atom is -0.294 e. The third-order valence-corrected chi connectivity index (χ3v) is 4.77. The highest BCUT2D eigenvalue weighted by molar-refractivity contribution is 6.36. The van der Waals surface area contributed by atoms with Gasteiger partial charge in [-0.1, -0.05) is 75.2 Å². The molecule has 0 spiro atoms. The minimum absolute atomic E-state index is 0.0546. The molecule has 2 aromatic carbocycles. The fraction of sp³-hybridized carbons (Fsp3) is 0.350. The molecule has 0 aliphatic rings. The molecule has 2 aromatic rings. The van der Waals surface area contributed by atoms with Gasteiger partial charge >= 0.3 is 0 Å². The Morgan fingerprint density at radius 2 is 1.57 bits per heavy atom. The van der Waals surface area contributed by atoms with E-state index >= 15 is 0 Å². The maximum atomic E-state index is 12.8. The van der Waals surface area contributed by atoms with E-state index < -0.39 is 0 Å². The van der Waals surface area contributed by atoms with E-state index in [-0.39, 0.29) is 18.1 Å². The fourth-order valence-corrected chi connectivity index (χ4v) is 3.16. The maximum absolute atomic E-state index is 12.8. The molecule has 3 heteroatoms. The molecule has 0 saturated carbocycles. The van der Waals surface area contributed by atoms with Gasteiger partial charge in [0, 0.05) is 22.0 Å². The van der Waals surface area contributed by atoms with Gasteiger partial charge < -0.3 is 0 Å². The number of carbonyl (C=O) groups is 1. The number of hydrogen-bond acceptors (Lipinski definition) is 1. The van der Waals surface area contributed by atoms with Gasteiger partial charge in [0.1, 0.15) is 0 Å². The molecule has 0 saturated heterocycles. The first kappa shape index (κ1) is 18.0. The normalized spacial score (nSPS) is 11.3. The van der Waals surface area contributed by atoms with Gasteiger partial charge in [0.25, 0.3) is 0 Å². The molecule has 0 bridgehead atoms. The van der Waals surface area contributed by atoms with Crippen molar-refractivity contribution < 1.29 is 4.79 Å². The Bertz CT molecular complexity index is 697. The Balaban J connectivity index is 2.39. The molecule has 0 unspecified atom stereocenters. The van der Waals surface area contributed by atoms with Crippen molar-refractivity contribution in [3.8, 4) is 0 Å². The molecule has 2 rings (SSSR count). The summed E-state index contributed by atoms with van der Waals surface area (Å²) in [7, 11) is 0. The minimum atomic E-state index is 0.0546. The van der Waals surface area contributed by atoms with E-state index in [4.69, 9.17) is 23.2 Å². The second-order valence-electron chi connectivity index (χ2n) is 6.46. The molecule has 122 valence electrons. The Morgan fingerprint density at radius 1 is 0.957 bits per heavy atom. The van der Waals surface area contributed by atoms with E-state index in [1.807, 2.05) is 12.1 Å². The average Bonchev–Trinajstić information content (AvgIpc) is 2.50. The van der Waals surface area contributed by atoms with E-state index in [1.165, 1.54) is 5.56 Å². The highest BCUT2D eigenvalue weighted by Gasteiger charge is 2.18. The van der Waals surface area contributed by atoms with Gasteiger partial charge in [0.2, 0.25) is 0 Å². The van der Waals surface area contributed by atoms with Gasteiger partial charge in [-0.25, -0.2) is 0 Å². The molecule has 0 heterocycles. The molecule has 0 fully saturated rings. The van der Waals surface area contributed by atoms with Gasteiger partial charge in [-0.15, -0.1) is 0 Å². The van der Waals surface area contributed by atoms with Crippen molar-refractivity contribution in [1.82, 2.24) is 0 Å². The van der Waals surface area contributed by atoms with Crippen LogP contribution in [0.15, 0.2) is 36.4 Å². The number of carbonyl (C=O) groups excluding carboxylic acids is 1. The molecule has 0 aromatic heterocycles. The number of halogens is 2. The van der Waals surface area contributed by atoms with Crippen LogP contribution in [-0.2, 0) is 6.42 Å². The highest BCUT2D eigenvalue weighted by atomic mass is 35.5. The van der Waals surface area contributed by atoms with Gasteiger partial charge in [0.05, 0.1) is 0 Å². The summed E-state index contributed by atoms with van der Waals surface area (Å²) in [6.07, 6.45) is 0.221. The van der Waals surface area contributed by atoms with Crippen LogP contribution in [0.4, 0.5) is 0 Å². The van der Waals surface area contributed by atoms with Crippen LogP contribution in [0, 0.1) is 0 Å². The molecule has 0 atom stereocenters. The molecule has 0 radical (unpaired) electrons. The Kier molecular flexibility index (Phi) is 5.89. The molecule has 1 nitrogen and oxygen atoms in total. The SMILES string of the molecule is CC(C)c1ccc(C(=O)Cc2c(Cl)cccc2Cl)c(C(C)C)c1. The first-order chi connectivity index (χ1) is 10.8. The van der Waals surface area contributed by atoms with E-state index in [0.717, 1.165) is 11.1 Å². The summed E-state index contributed by atoms with van der Waals surface area (Å²) in [5.74, 6) is 0.781. The topological polar surface area (TPSA) is 17.1 Å². The van der Waals surface area contributed by atoms with Crippen LogP contribution in [0.1, 0.15) is 66.6 Å². The third-order valence-electron chi connectivity index (χ3n) is 4.06. The summed E-state index contributed by atoms with van der Waals surface area (Å²) in [4.78, 5) is 12.8. The predicted octanol–water partition coefficient (Wildman–Crippen LogP) is 6.67. The second kappa shape index (κ2) is 7.51.